The number of hydrazone groups is 1. The molecule has 1 fully saturated rings. The smallest absolute Gasteiger partial charge is 0.270 e. The molecule has 30 heavy (non-hydrogen) atoms. The predicted molar refractivity (Wildman–Crippen MR) is 118 cm³/mol. The van der Waals surface area contributed by atoms with Gasteiger partial charge in [0.25, 0.3) is 5.91 Å². The average molecular weight is 405 g/mol. The van der Waals surface area contributed by atoms with E-state index in [0.29, 0.717) is 38.3 Å². The lowest BCUT2D eigenvalue weighted by Crippen LogP contribution is -2.52. The molecule has 0 aliphatic carbocycles. The molecule has 2 amide bonds. The zero-order valence-corrected chi connectivity index (χ0v) is 17.6. The van der Waals surface area contributed by atoms with E-state index in [1.807, 2.05) is 77.2 Å². The molecule has 0 spiro atoms. The van der Waals surface area contributed by atoms with E-state index in [-0.39, 0.29) is 23.8 Å². The molecule has 2 aliphatic rings. The zero-order valence-electron chi connectivity index (χ0n) is 17.6. The van der Waals surface area contributed by atoms with Crippen LogP contribution in [0.25, 0.3) is 0 Å². The summed E-state index contributed by atoms with van der Waals surface area (Å²) in [6.45, 7) is 6.10. The first kappa shape index (κ1) is 20.1. The molecule has 2 aromatic rings. The van der Waals surface area contributed by atoms with Crippen molar-refractivity contribution in [2.45, 2.75) is 26.3 Å². The van der Waals surface area contributed by atoms with E-state index in [1.54, 1.807) is 0 Å². The van der Waals surface area contributed by atoms with Crippen LogP contribution in [0.3, 0.4) is 0 Å². The van der Waals surface area contributed by atoms with Crippen molar-refractivity contribution < 1.29 is 9.59 Å². The highest BCUT2D eigenvalue weighted by Crippen LogP contribution is 2.35. The van der Waals surface area contributed by atoms with Gasteiger partial charge in [0.05, 0.1) is 11.7 Å². The van der Waals surface area contributed by atoms with Crippen LogP contribution < -0.4 is 5.01 Å². The number of nitrogens with zero attached hydrogens (tertiary/aromatic N) is 4. The van der Waals surface area contributed by atoms with Crippen LogP contribution in [0, 0.1) is 5.92 Å². The average Bonchev–Trinajstić information content (AvgIpc) is 3.25. The maximum Gasteiger partial charge on any atom is 0.270 e. The molecule has 0 aromatic heterocycles. The second kappa shape index (κ2) is 8.69. The third-order valence-corrected chi connectivity index (χ3v) is 5.73. The highest BCUT2D eigenvalue weighted by Gasteiger charge is 2.35. The van der Waals surface area contributed by atoms with Crippen LogP contribution in [0.4, 0.5) is 5.69 Å². The van der Waals surface area contributed by atoms with Crippen LogP contribution in [0.15, 0.2) is 65.8 Å². The van der Waals surface area contributed by atoms with Crippen LogP contribution in [0.2, 0.25) is 0 Å². The van der Waals surface area contributed by atoms with Crippen LogP contribution >= 0.6 is 0 Å². The van der Waals surface area contributed by atoms with E-state index in [1.165, 1.54) is 0 Å². The molecule has 0 radical (unpaired) electrons. The maximum atomic E-state index is 13.2. The summed E-state index contributed by atoms with van der Waals surface area (Å²) in [7, 11) is 0. The summed E-state index contributed by atoms with van der Waals surface area (Å²) in [6.07, 6.45) is 0.572. The first-order chi connectivity index (χ1) is 14.5. The van der Waals surface area contributed by atoms with E-state index in [0.717, 1.165) is 11.3 Å². The van der Waals surface area contributed by atoms with Gasteiger partial charge in [0.2, 0.25) is 5.91 Å². The van der Waals surface area contributed by atoms with Crippen molar-refractivity contribution in [2.75, 3.05) is 31.2 Å². The Balaban J connectivity index is 1.51. The van der Waals surface area contributed by atoms with E-state index in [9.17, 15) is 9.59 Å². The lowest BCUT2D eigenvalue weighted by molar-refractivity contribution is -0.139. The molecule has 156 valence electrons. The molecule has 6 heteroatoms. The molecule has 2 heterocycles. The van der Waals surface area contributed by atoms with Gasteiger partial charge < -0.3 is 9.80 Å². The van der Waals surface area contributed by atoms with E-state index < -0.39 is 0 Å². The summed E-state index contributed by atoms with van der Waals surface area (Å²) in [5.41, 5.74) is 2.69. The molecule has 0 N–H and O–H groups in total. The Kier molecular flexibility index (Phi) is 5.84. The maximum absolute atomic E-state index is 13.2. The van der Waals surface area contributed by atoms with Gasteiger partial charge in [-0.05, 0) is 17.7 Å². The summed E-state index contributed by atoms with van der Waals surface area (Å²) in [5, 5.41) is 6.71. The van der Waals surface area contributed by atoms with Crippen molar-refractivity contribution in [3.8, 4) is 0 Å². The summed E-state index contributed by atoms with van der Waals surface area (Å²) in [4.78, 5) is 29.1. The second-order valence-electron chi connectivity index (χ2n) is 8.13. The Bertz CT molecular complexity index is 919. The van der Waals surface area contributed by atoms with Gasteiger partial charge in [-0.25, -0.2) is 0 Å². The number of hydrogen-bond donors (Lipinski definition) is 0. The van der Waals surface area contributed by atoms with Gasteiger partial charge in [-0.3, -0.25) is 14.6 Å². The summed E-state index contributed by atoms with van der Waals surface area (Å²) < 4.78 is 0. The topological polar surface area (TPSA) is 56.2 Å². The fourth-order valence-corrected chi connectivity index (χ4v) is 4.07. The third-order valence-electron chi connectivity index (χ3n) is 5.73. The Morgan fingerprint density at radius 1 is 0.867 bits per heavy atom. The first-order valence-electron chi connectivity index (χ1n) is 10.6. The lowest BCUT2D eigenvalue weighted by Gasteiger charge is -2.35. The minimum atomic E-state index is -0.0222. The summed E-state index contributed by atoms with van der Waals surface area (Å²) >= 11 is 0. The molecule has 2 aromatic carbocycles. The Morgan fingerprint density at radius 3 is 2.03 bits per heavy atom. The van der Waals surface area contributed by atoms with Gasteiger partial charge >= 0.3 is 0 Å². The fourth-order valence-electron chi connectivity index (χ4n) is 4.07. The normalized spacial score (nSPS) is 19.2. The van der Waals surface area contributed by atoms with Crippen molar-refractivity contribution in [2.24, 2.45) is 11.0 Å². The van der Waals surface area contributed by atoms with Crippen LogP contribution in [0.1, 0.15) is 31.9 Å². The number of carbonyl (C=O) groups excluding carboxylic acids is 2. The van der Waals surface area contributed by atoms with Crippen molar-refractivity contribution in [3.05, 3.63) is 66.2 Å². The summed E-state index contributed by atoms with van der Waals surface area (Å²) in [5.74, 6) is 0.114. The van der Waals surface area contributed by atoms with Gasteiger partial charge in [0, 0.05) is 38.5 Å². The lowest BCUT2D eigenvalue weighted by atomic mass is 10.0. The van der Waals surface area contributed by atoms with Crippen LogP contribution in [-0.2, 0) is 9.59 Å². The van der Waals surface area contributed by atoms with Crippen molar-refractivity contribution in [1.82, 2.24) is 9.80 Å². The van der Waals surface area contributed by atoms with Gasteiger partial charge in [0.1, 0.15) is 5.71 Å². The number of benzene rings is 2. The number of rotatable bonds is 4. The molecule has 6 nitrogen and oxygen atoms in total. The van der Waals surface area contributed by atoms with Crippen molar-refractivity contribution >= 4 is 23.2 Å². The van der Waals surface area contributed by atoms with Crippen LogP contribution in [0.5, 0.6) is 0 Å². The number of hydrogen-bond acceptors (Lipinski definition) is 4. The van der Waals surface area contributed by atoms with E-state index in [4.69, 9.17) is 5.10 Å². The van der Waals surface area contributed by atoms with Crippen molar-refractivity contribution in [1.29, 1.82) is 0 Å². The number of anilines is 1. The van der Waals surface area contributed by atoms with Crippen molar-refractivity contribution in [3.63, 3.8) is 0 Å². The van der Waals surface area contributed by atoms with Gasteiger partial charge in [0.15, 0.2) is 0 Å². The zero-order chi connectivity index (χ0) is 21.1. The minimum Gasteiger partial charge on any atom is -0.339 e. The highest BCUT2D eigenvalue weighted by molar-refractivity contribution is 6.39. The molecule has 4 rings (SSSR count). The predicted octanol–water partition coefficient (Wildman–Crippen LogP) is 3.32. The van der Waals surface area contributed by atoms with Gasteiger partial charge in [-0.1, -0.05) is 62.4 Å². The highest BCUT2D eigenvalue weighted by atomic mass is 16.2. The number of para-hydroxylation sites is 1. The third kappa shape index (κ3) is 4.08. The fraction of sp³-hybridized carbons (Fsp3) is 0.375. The van der Waals surface area contributed by atoms with Gasteiger partial charge in [-0.15, -0.1) is 0 Å². The minimum absolute atomic E-state index is 0.00337. The number of piperazine rings is 1. The summed E-state index contributed by atoms with van der Waals surface area (Å²) in [6, 6.07) is 20.2. The Labute approximate surface area is 177 Å². The molecule has 1 unspecified atom stereocenters. The van der Waals surface area contributed by atoms with Crippen LogP contribution in [-0.4, -0.2) is 53.5 Å². The Morgan fingerprint density at radius 2 is 1.43 bits per heavy atom. The standard InChI is InChI=1S/C24H28N4O2/c1-18(2)23(29)26-13-15-27(16-14-26)24(30)21-17-22(19-9-5-3-6-10-19)28(25-21)20-11-7-4-8-12-20/h3-12,18,22H,13-17H2,1-2H3. The Hall–Kier alpha value is -3.15. The molecular weight excluding hydrogens is 376 g/mol. The second-order valence-corrected chi connectivity index (χ2v) is 8.13. The molecule has 2 aliphatic heterocycles. The molecule has 0 saturated carbocycles. The van der Waals surface area contributed by atoms with E-state index in [2.05, 4.69) is 12.1 Å². The molecule has 1 saturated heterocycles. The molecule has 1 atom stereocenters. The largest absolute Gasteiger partial charge is 0.339 e. The van der Waals surface area contributed by atoms with Gasteiger partial charge in [-0.2, -0.15) is 5.10 Å². The molecular formula is C24H28N4O2. The number of carbonyl (C=O) groups is 2. The van der Waals surface area contributed by atoms with E-state index >= 15 is 0 Å². The quantitative estimate of drug-likeness (QED) is 0.786. The monoisotopic (exact) mass is 404 g/mol. The SMILES string of the molecule is CC(C)C(=O)N1CCN(C(=O)C2=NN(c3ccccc3)C(c3ccccc3)C2)CC1. The first-order valence-corrected chi connectivity index (χ1v) is 10.6. The number of amides is 2. The molecule has 0 bridgehead atoms.